The van der Waals surface area contributed by atoms with Crippen LogP contribution in [0.25, 0.3) is 0 Å². The summed E-state index contributed by atoms with van der Waals surface area (Å²) in [5.74, 6) is -0.575. The molecule has 2 heterocycles. The minimum absolute atomic E-state index is 0.0904. The Bertz CT molecular complexity index is 588. The largest absolute Gasteiger partial charge is 0.453 e. The Morgan fingerprint density at radius 3 is 2.58 bits per heavy atom. The quantitative estimate of drug-likeness (QED) is 0.623. The standard InChI is InChI=1S/C11H14ClNO5S/c1-7(2)13-4-9(19(12,15)16)3-10(13)11(14)18-8-5-17-6-8/h3-4,7-8H,5-6H2,1-2H3. The van der Waals surface area contributed by atoms with Crippen LogP contribution >= 0.6 is 10.7 Å². The van der Waals surface area contributed by atoms with Crippen LogP contribution < -0.4 is 0 Å². The van der Waals surface area contributed by atoms with Crippen LogP contribution in [-0.2, 0) is 18.5 Å². The fourth-order valence-corrected chi connectivity index (χ4v) is 2.42. The molecule has 0 N–H and O–H groups in total. The number of hydrogen-bond donors (Lipinski definition) is 0. The molecular formula is C11H14ClNO5S. The third-order valence-corrected chi connectivity index (χ3v) is 4.07. The zero-order chi connectivity index (χ0) is 14.2. The molecule has 0 unspecified atom stereocenters. The highest BCUT2D eigenvalue weighted by atomic mass is 35.7. The van der Waals surface area contributed by atoms with E-state index >= 15 is 0 Å². The minimum Gasteiger partial charge on any atom is -0.453 e. The Labute approximate surface area is 115 Å². The van der Waals surface area contributed by atoms with Crippen molar-refractivity contribution in [3.63, 3.8) is 0 Å². The van der Waals surface area contributed by atoms with Gasteiger partial charge in [-0.15, -0.1) is 0 Å². The first kappa shape index (κ1) is 14.4. The Kier molecular flexibility index (Phi) is 3.89. The van der Waals surface area contributed by atoms with Gasteiger partial charge in [-0.05, 0) is 19.9 Å². The fourth-order valence-electron chi connectivity index (χ4n) is 1.67. The van der Waals surface area contributed by atoms with Gasteiger partial charge in [-0.25, -0.2) is 13.2 Å². The van der Waals surface area contributed by atoms with Crippen molar-refractivity contribution >= 4 is 25.7 Å². The van der Waals surface area contributed by atoms with Gasteiger partial charge in [0.2, 0.25) is 0 Å². The third-order valence-electron chi connectivity index (χ3n) is 2.75. The van der Waals surface area contributed by atoms with Crippen molar-refractivity contribution in [3.05, 3.63) is 18.0 Å². The van der Waals surface area contributed by atoms with E-state index in [9.17, 15) is 13.2 Å². The van der Waals surface area contributed by atoms with E-state index in [-0.39, 0.29) is 22.7 Å². The van der Waals surface area contributed by atoms with Crippen LogP contribution in [0.5, 0.6) is 0 Å². The average molecular weight is 308 g/mol. The van der Waals surface area contributed by atoms with E-state index in [4.69, 9.17) is 20.2 Å². The second-order valence-electron chi connectivity index (χ2n) is 4.56. The first-order chi connectivity index (χ1) is 8.79. The number of carbonyl (C=O) groups is 1. The molecule has 106 valence electrons. The highest BCUT2D eigenvalue weighted by Gasteiger charge is 2.27. The summed E-state index contributed by atoms with van der Waals surface area (Å²) in [4.78, 5) is 11.9. The Hall–Kier alpha value is -1.05. The zero-order valence-electron chi connectivity index (χ0n) is 10.5. The van der Waals surface area contributed by atoms with Crippen molar-refractivity contribution in [1.29, 1.82) is 0 Å². The fraction of sp³-hybridized carbons (Fsp3) is 0.545. The summed E-state index contributed by atoms with van der Waals surface area (Å²) >= 11 is 0. The molecule has 0 atom stereocenters. The minimum atomic E-state index is -3.87. The van der Waals surface area contributed by atoms with Crippen molar-refractivity contribution in [2.24, 2.45) is 0 Å². The lowest BCUT2D eigenvalue weighted by Gasteiger charge is -2.26. The lowest BCUT2D eigenvalue weighted by atomic mass is 10.3. The molecule has 6 nitrogen and oxygen atoms in total. The summed E-state index contributed by atoms with van der Waals surface area (Å²) in [6.45, 7) is 4.39. The first-order valence-corrected chi connectivity index (χ1v) is 8.05. The number of nitrogens with zero attached hydrogens (tertiary/aromatic N) is 1. The summed E-state index contributed by atoms with van der Waals surface area (Å²) in [7, 11) is 1.41. The molecular weight excluding hydrogens is 294 g/mol. The molecule has 0 amide bonds. The normalized spacial score (nSPS) is 16.4. The smallest absolute Gasteiger partial charge is 0.355 e. The van der Waals surface area contributed by atoms with E-state index in [2.05, 4.69) is 0 Å². The van der Waals surface area contributed by atoms with Gasteiger partial charge in [0.1, 0.15) is 16.7 Å². The molecule has 1 aromatic heterocycles. The van der Waals surface area contributed by atoms with Crippen molar-refractivity contribution in [2.75, 3.05) is 13.2 Å². The van der Waals surface area contributed by atoms with E-state index in [1.807, 2.05) is 13.8 Å². The predicted octanol–water partition coefficient (Wildman–Crippen LogP) is 1.55. The van der Waals surface area contributed by atoms with Gasteiger partial charge in [-0.3, -0.25) is 0 Å². The molecule has 0 spiro atoms. The van der Waals surface area contributed by atoms with Gasteiger partial charge in [0.05, 0.1) is 13.2 Å². The number of aromatic nitrogens is 1. The number of hydrogen-bond acceptors (Lipinski definition) is 5. The number of halogens is 1. The van der Waals surface area contributed by atoms with Crippen LogP contribution in [0.15, 0.2) is 17.2 Å². The second-order valence-corrected chi connectivity index (χ2v) is 7.13. The van der Waals surface area contributed by atoms with Crippen molar-refractivity contribution in [3.8, 4) is 0 Å². The number of esters is 1. The maximum Gasteiger partial charge on any atom is 0.355 e. The predicted molar refractivity (Wildman–Crippen MR) is 67.9 cm³/mol. The monoisotopic (exact) mass is 307 g/mol. The molecule has 1 aliphatic rings. The van der Waals surface area contributed by atoms with Gasteiger partial charge >= 0.3 is 5.97 Å². The summed E-state index contributed by atoms with van der Waals surface area (Å²) < 4.78 is 34.2. The molecule has 2 rings (SSSR count). The van der Waals surface area contributed by atoms with E-state index < -0.39 is 15.0 Å². The molecule has 19 heavy (non-hydrogen) atoms. The molecule has 0 radical (unpaired) electrons. The van der Waals surface area contributed by atoms with Crippen LogP contribution in [0.1, 0.15) is 30.4 Å². The molecule has 1 aromatic rings. The van der Waals surface area contributed by atoms with Gasteiger partial charge in [-0.1, -0.05) is 0 Å². The first-order valence-electron chi connectivity index (χ1n) is 5.74. The second kappa shape index (κ2) is 5.15. The van der Waals surface area contributed by atoms with Crippen LogP contribution in [-0.4, -0.2) is 38.3 Å². The molecule has 0 aromatic carbocycles. The third kappa shape index (κ3) is 3.10. The molecule has 1 aliphatic heterocycles. The Morgan fingerprint density at radius 2 is 2.16 bits per heavy atom. The van der Waals surface area contributed by atoms with Gasteiger partial charge in [0.25, 0.3) is 9.05 Å². The van der Waals surface area contributed by atoms with Crippen LogP contribution in [0.3, 0.4) is 0 Å². The molecule has 1 fully saturated rings. The van der Waals surface area contributed by atoms with Crippen LogP contribution in [0.4, 0.5) is 0 Å². The average Bonchev–Trinajstić information content (AvgIpc) is 2.67. The van der Waals surface area contributed by atoms with E-state index in [0.717, 1.165) is 0 Å². The lowest BCUT2D eigenvalue weighted by Crippen LogP contribution is -2.38. The summed E-state index contributed by atoms with van der Waals surface area (Å²) in [5, 5.41) is 0. The number of carbonyl (C=O) groups excluding carboxylic acids is 1. The Balaban J connectivity index is 2.31. The van der Waals surface area contributed by atoms with Crippen LogP contribution in [0.2, 0.25) is 0 Å². The van der Waals surface area contributed by atoms with Crippen molar-refractivity contribution < 1.29 is 22.7 Å². The highest BCUT2D eigenvalue weighted by Crippen LogP contribution is 2.23. The van der Waals surface area contributed by atoms with E-state index in [0.29, 0.717) is 13.2 Å². The van der Waals surface area contributed by atoms with Crippen molar-refractivity contribution in [2.45, 2.75) is 30.9 Å². The summed E-state index contributed by atoms with van der Waals surface area (Å²) in [6.07, 6.45) is 1.07. The maximum absolute atomic E-state index is 12.0. The van der Waals surface area contributed by atoms with Crippen molar-refractivity contribution in [1.82, 2.24) is 4.57 Å². The Morgan fingerprint density at radius 1 is 1.53 bits per heavy atom. The van der Waals surface area contributed by atoms with Gasteiger partial charge in [0, 0.05) is 22.9 Å². The maximum atomic E-state index is 12.0. The molecule has 0 bridgehead atoms. The molecule has 1 saturated heterocycles. The molecule has 0 aliphatic carbocycles. The summed E-state index contributed by atoms with van der Waals surface area (Å²) in [6, 6.07) is 1.14. The van der Waals surface area contributed by atoms with Crippen LogP contribution in [0, 0.1) is 0 Å². The van der Waals surface area contributed by atoms with Gasteiger partial charge < -0.3 is 14.0 Å². The summed E-state index contributed by atoms with van der Waals surface area (Å²) in [5.41, 5.74) is 0.168. The topological polar surface area (TPSA) is 74.6 Å². The van der Waals surface area contributed by atoms with E-state index in [1.54, 1.807) is 0 Å². The van der Waals surface area contributed by atoms with E-state index in [1.165, 1.54) is 16.8 Å². The SMILES string of the molecule is CC(C)n1cc(S(=O)(=O)Cl)cc1C(=O)OC1COC1. The van der Waals surface area contributed by atoms with Gasteiger partial charge in [0.15, 0.2) is 0 Å². The number of rotatable bonds is 4. The molecule has 0 saturated carbocycles. The zero-order valence-corrected chi connectivity index (χ0v) is 12.1. The molecule has 8 heteroatoms. The highest BCUT2D eigenvalue weighted by molar-refractivity contribution is 8.13. The lowest BCUT2D eigenvalue weighted by molar-refractivity contribution is -0.104. The number of ether oxygens (including phenoxy) is 2. The van der Waals surface area contributed by atoms with Gasteiger partial charge in [-0.2, -0.15) is 0 Å².